The molecule has 0 bridgehead atoms. The number of halogens is 2. The van der Waals surface area contributed by atoms with Crippen LogP contribution < -0.4 is 5.43 Å². The maximum absolute atomic E-state index is 12.5. The first-order chi connectivity index (χ1) is 11.6. The van der Waals surface area contributed by atoms with Gasteiger partial charge in [0.05, 0.1) is 12.1 Å². The van der Waals surface area contributed by atoms with Crippen LogP contribution in [0.2, 0.25) is 0 Å². The van der Waals surface area contributed by atoms with Crippen LogP contribution in [0, 0.1) is 5.92 Å². The first-order valence-corrected chi connectivity index (χ1v) is 8.42. The van der Waals surface area contributed by atoms with Crippen molar-refractivity contribution in [2.24, 2.45) is 11.0 Å². The fraction of sp³-hybridized carbons (Fsp3) is 0.222. The number of hydrogen-bond acceptors (Lipinski definition) is 3. The minimum absolute atomic E-state index is 0.100. The monoisotopic (exact) mass is 362 g/mol. The zero-order valence-corrected chi connectivity index (χ0v) is 14.2. The third-order valence-electron chi connectivity index (χ3n) is 4.21. The number of aromatic hydroxyl groups is 1. The molecule has 0 aliphatic heterocycles. The quantitative estimate of drug-likeness (QED) is 0.495. The summed E-state index contributed by atoms with van der Waals surface area (Å²) in [6.07, 6.45) is 1.98. The van der Waals surface area contributed by atoms with Gasteiger partial charge in [-0.25, -0.2) is 5.43 Å². The van der Waals surface area contributed by atoms with Crippen molar-refractivity contribution in [3.63, 3.8) is 0 Å². The topological polar surface area (TPSA) is 61.7 Å². The van der Waals surface area contributed by atoms with E-state index in [1.807, 2.05) is 24.3 Å². The average molecular weight is 363 g/mol. The second kappa shape index (κ2) is 7.24. The van der Waals surface area contributed by atoms with Gasteiger partial charge in [0, 0.05) is 11.5 Å². The molecule has 2 aromatic rings. The molecule has 2 N–H and O–H groups in total. The Morgan fingerprint density at radius 2 is 1.92 bits per heavy atom. The highest BCUT2D eigenvalue weighted by atomic mass is 35.5. The maximum Gasteiger partial charge on any atom is 0.244 e. The van der Waals surface area contributed by atoms with Crippen molar-refractivity contribution in [3.05, 3.63) is 65.2 Å². The van der Waals surface area contributed by atoms with E-state index in [1.165, 1.54) is 6.21 Å². The predicted molar refractivity (Wildman–Crippen MR) is 95.7 cm³/mol. The van der Waals surface area contributed by atoms with Crippen LogP contribution in [-0.4, -0.2) is 22.1 Å². The zero-order chi connectivity index (χ0) is 17.1. The highest BCUT2D eigenvalue weighted by Crippen LogP contribution is 2.43. The average Bonchev–Trinajstić information content (AvgIpc) is 2.96. The van der Waals surface area contributed by atoms with Gasteiger partial charge >= 0.3 is 0 Å². The standard InChI is InChI=1S/C18H16Cl2N2O2/c19-17(20)16-13-7-3-1-5-11(13)9-14(16)18(24)22-21-10-12-6-2-4-8-15(12)23/h1-8,10,14,16-17,23H,9H2,(H,22,24)/b21-10+. The molecule has 6 heteroatoms. The summed E-state index contributed by atoms with van der Waals surface area (Å²) in [5.74, 6) is -0.772. The molecule has 0 spiro atoms. The van der Waals surface area contributed by atoms with Gasteiger partial charge in [0.25, 0.3) is 0 Å². The summed E-state index contributed by atoms with van der Waals surface area (Å²) in [7, 11) is 0. The zero-order valence-electron chi connectivity index (χ0n) is 12.7. The summed E-state index contributed by atoms with van der Waals surface area (Å²) in [5.41, 5.74) is 5.14. The lowest BCUT2D eigenvalue weighted by Gasteiger charge is -2.19. The molecular weight excluding hydrogens is 347 g/mol. The van der Waals surface area contributed by atoms with Crippen molar-refractivity contribution in [1.82, 2.24) is 5.43 Å². The van der Waals surface area contributed by atoms with Gasteiger partial charge in [-0.2, -0.15) is 5.10 Å². The van der Waals surface area contributed by atoms with Crippen LogP contribution in [0.3, 0.4) is 0 Å². The van der Waals surface area contributed by atoms with E-state index >= 15 is 0 Å². The summed E-state index contributed by atoms with van der Waals surface area (Å²) >= 11 is 12.2. The second-order valence-electron chi connectivity index (χ2n) is 5.66. The molecule has 2 unspecified atom stereocenters. The third-order valence-corrected chi connectivity index (χ3v) is 4.75. The lowest BCUT2D eigenvalue weighted by molar-refractivity contribution is -0.125. The Bertz CT molecular complexity index is 777. The SMILES string of the molecule is O=C(N/N=C/c1ccccc1O)C1Cc2ccccc2C1C(Cl)Cl. The molecule has 3 rings (SSSR count). The number of alkyl halides is 2. The van der Waals surface area contributed by atoms with Crippen molar-refractivity contribution in [1.29, 1.82) is 0 Å². The molecule has 4 nitrogen and oxygen atoms in total. The first-order valence-electron chi connectivity index (χ1n) is 7.55. The molecule has 124 valence electrons. The number of para-hydroxylation sites is 1. The molecule has 0 saturated carbocycles. The minimum Gasteiger partial charge on any atom is -0.507 e. The van der Waals surface area contributed by atoms with E-state index in [-0.39, 0.29) is 23.5 Å². The number of nitrogens with zero attached hydrogens (tertiary/aromatic N) is 1. The van der Waals surface area contributed by atoms with Gasteiger partial charge < -0.3 is 5.11 Å². The number of nitrogens with one attached hydrogen (secondary N) is 1. The number of hydrazone groups is 1. The Morgan fingerprint density at radius 3 is 2.67 bits per heavy atom. The lowest BCUT2D eigenvalue weighted by atomic mass is 9.93. The Balaban J connectivity index is 1.72. The molecule has 1 amide bonds. The normalized spacial score (nSPS) is 19.6. The number of phenolic OH excluding ortho intramolecular Hbond substituents is 1. The molecule has 0 aromatic heterocycles. The van der Waals surface area contributed by atoms with Gasteiger partial charge in [0.1, 0.15) is 10.6 Å². The van der Waals surface area contributed by atoms with Crippen LogP contribution in [0.15, 0.2) is 53.6 Å². The third kappa shape index (κ3) is 3.40. The van der Waals surface area contributed by atoms with Gasteiger partial charge in [-0.05, 0) is 29.7 Å². The number of amides is 1. The molecule has 0 heterocycles. The highest BCUT2D eigenvalue weighted by Gasteiger charge is 2.40. The smallest absolute Gasteiger partial charge is 0.244 e. The molecule has 0 radical (unpaired) electrons. The van der Waals surface area contributed by atoms with Gasteiger partial charge in [-0.15, -0.1) is 23.2 Å². The van der Waals surface area contributed by atoms with Crippen LogP contribution in [0.25, 0.3) is 0 Å². The van der Waals surface area contributed by atoms with Crippen molar-refractivity contribution in [2.45, 2.75) is 17.2 Å². The van der Waals surface area contributed by atoms with E-state index < -0.39 is 4.84 Å². The number of rotatable bonds is 4. The molecule has 2 atom stereocenters. The van der Waals surface area contributed by atoms with Crippen LogP contribution >= 0.6 is 23.2 Å². The Morgan fingerprint density at radius 1 is 1.21 bits per heavy atom. The van der Waals surface area contributed by atoms with E-state index in [4.69, 9.17) is 23.2 Å². The molecule has 0 saturated heterocycles. The predicted octanol–water partition coefficient (Wildman–Crippen LogP) is 3.60. The van der Waals surface area contributed by atoms with Crippen LogP contribution in [0.5, 0.6) is 5.75 Å². The molecule has 1 aliphatic carbocycles. The van der Waals surface area contributed by atoms with E-state index in [9.17, 15) is 9.90 Å². The summed E-state index contributed by atoms with van der Waals surface area (Å²) in [5, 5.41) is 13.6. The highest BCUT2D eigenvalue weighted by molar-refractivity contribution is 6.45. The van der Waals surface area contributed by atoms with Crippen LogP contribution in [0.4, 0.5) is 0 Å². The number of phenols is 1. The van der Waals surface area contributed by atoms with E-state index in [0.717, 1.165) is 11.1 Å². The van der Waals surface area contributed by atoms with E-state index in [2.05, 4.69) is 10.5 Å². The fourth-order valence-electron chi connectivity index (χ4n) is 3.04. The minimum atomic E-state index is -0.674. The molecular formula is C18H16Cl2N2O2. The molecule has 24 heavy (non-hydrogen) atoms. The van der Waals surface area contributed by atoms with Crippen molar-refractivity contribution < 1.29 is 9.90 Å². The van der Waals surface area contributed by atoms with Gasteiger partial charge in [0.2, 0.25) is 5.91 Å². The summed E-state index contributed by atoms with van der Waals surface area (Å²) in [6.45, 7) is 0. The number of carbonyl (C=O) groups excluding carboxylic acids is 1. The maximum atomic E-state index is 12.5. The molecule has 1 aliphatic rings. The summed E-state index contributed by atoms with van der Waals surface area (Å²) in [4.78, 5) is 11.8. The van der Waals surface area contributed by atoms with Crippen molar-refractivity contribution in [2.75, 3.05) is 0 Å². The van der Waals surface area contributed by atoms with Crippen molar-refractivity contribution in [3.8, 4) is 5.75 Å². The lowest BCUT2D eigenvalue weighted by Crippen LogP contribution is -2.31. The number of fused-ring (bicyclic) bond motifs is 1. The van der Waals surface area contributed by atoms with Gasteiger partial charge in [0.15, 0.2) is 0 Å². The Hall–Kier alpha value is -2.04. The number of benzene rings is 2. The van der Waals surface area contributed by atoms with Gasteiger partial charge in [-0.1, -0.05) is 36.4 Å². The van der Waals surface area contributed by atoms with Crippen molar-refractivity contribution >= 4 is 35.3 Å². The summed E-state index contributed by atoms with van der Waals surface area (Å²) in [6, 6.07) is 14.5. The first kappa shape index (κ1) is 16.8. The summed E-state index contributed by atoms with van der Waals surface area (Å²) < 4.78 is 0. The van der Waals surface area contributed by atoms with Gasteiger partial charge in [-0.3, -0.25) is 4.79 Å². The second-order valence-corrected chi connectivity index (χ2v) is 6.83. The Labute approximate surface area is 150 Å². The Kier molecular flexibility index (Phi) is 5.07. The molecule has 2 aromatic carbocycles. The fourth-order valence-corrected chi connectivity index (χ4v) is 3.66. The van der Waals surface area contributed by atoms with Crippen LogP contribution in [-0.2, 0) is 11.2 Å². The van der Waals surface area contributed by atoms with E-state index in [0.29, 0.717) is 12.0 Å². The van der Waals surface area contributed by atoms with E-state index in [1.54, 1.807) is 24.3 Å². The number of hydrogen-bond donors (Lipinski definition) is 2. The van der Waals surface area contributed by atoms with Crippen LogP contribution in [0.1, 0.15) is 22.6 Å². The number of carbonyl (C=O) groups is 1. The molecule has 0 fully saturated rings. The largest absolute Gasteiger partial charge is 0.507 e.